The van der Waals surface area contributed by atoms with E-state index in [9.17, 15) is 4.79 Å². The number of rotatable bonds is 7. The van der Waals surface area contributed by atoms with Crippen molar-refractivity contribution in [2.75, 3.05) is 33.8 Å². The molecular formula is C19H21NO5. The van der Waals surface area contributed by atoms with Gasteiger partial charge in [-0.15, -0.1) is 0 Å². The molecule has 6 nitrogen and oxygen atoms in total. The summed E-state index contributed by atoms with van der Waals surface area (Å²) in [5.74, 6) is 2.22. The van der Waals surface area contributed by atoms with Crippen molar-refractivity contribution in [2.24, 2.45) is 0 Å². The lowest BCUT2D eigenvalue weighted by Crippen LogP contribution is -2.08. The molecular weight excluding hydrogens is 322 g/mol. The van der Waals surface area contributed by atoms with E-state index in [1.165, 1.54) is 6.08 Å². The smallest absolute Gasteiger partial charge is 0.248 e. The van der Waals surface area contributed by atoms with Gasteiger partial charge in [-0.3, -0.25) is 4.79 Å². The third kappa shape index (κ3) is 4.91. The van der Waals surface area contributed by atoms with Crippen molar-refractivity contribution in [3.8, 4) is 23.0 Å². The second-order valence-electron chi connectivity index (χ2n) is 5.03. The predicted molar refractivity (Wildman–Crippen MR) is 96.8 cm³/mol. The maximum atomic E-state index is 12.2. The van der Waals surface area contributed by atoms with Crippen LogP contribution in [0.5, 0.6) is 23.0 Å². The molecule has 2 aromatic carbocycles. The van der Waals surface area contributed by atoms with Gasteiger partial charge in [-0.2, -0.15) is 0 Å². The Morgan fingerprint density at radius 1 is 0.840 bits per heavy atom. The predicted octanol–water partition coefficient (Wildman–Crippen LogP) is 3.37. The Labute approximate surface area is 147 Å². The molecule has 25 heavy (non-hydrogen) atoms. The van der Waals surface area contributed by atoms with E-state index in [0.717, 1.165) is 5.56 Å². The molecule has 0 aliphatic carbocycles. The van der Waals surface area contributed by atoms with Crippen molar-refractivity contribution in [2.45, 2.75) is 0 Å². The van der Waals surface area contributed by atoms with Crippen molar-refractivity contribution in [1.82, 2.24) is 0 Å². The summed E-state index contributed by atoms with van der Waals surface area (Å²) in [7, 11) is 6.25. The fraction of sp³-hybridized carbons (Fsp3) is 0.211. The zero-order chi connectivity index (χ0) is 18.2. The van der Waals surface area contributed by atoms with Crippen LogP contribution in [0.25, 0.3) is 6.08 Å². The van der Waals surface area contributed by atoms with Gasteiger partial charge in [0, 0.05) is 35.5 Å². The monoisotopic (exact) mass is 343 g/mol. The van der Waals surface area contributed by atoms with Crippen molar-refractivity contribution < 1.29 is 23.7 Å². The minimum absolute atomic E-state index is 0.292. The largest absolute Gasteiger partial charge is 0.497 e. The molecule has 0 saturated heterocycles. The lowest BCUT2D eigenvalue weighted by atomic mass is 10.1. The van der Waals surface area contributed by atoms with Crippen molar-refractivity contribution in [3.05, 3.63) is 48.0 Å². The number of amides is 1. The van der Waals surface area contributed by atoms with Crippen molar-refractivity contribution in [1.29, 1.82) is 0 Å². The molecule has 0 atom stereocenters. The molecule has 0 aliphatic heterocycles. The topological polar surface area (TPSA) is 66.0 Å². The van der Waals surface area contributed by atoms with Gasteiger partial charge in [0.15, 0.2) is 0 Å². The molecule has 2 aromatic rings. The van der Waals surface area contributed by atoms with Gasteiger partial charge in [-0.25, -0.2) is 0 Å². The van der Waals surface area contributed by atoms with Crippen LogP contribution < -0.4 is 24.3 Å². The molecule has 0 bridgehead atoms. The maximum absolute atomic E-state index is 12.2. The molecule has 6 heteroatoms. The second-order valence-corrected chi connectivity index (χ2v) is 5.03. The number of carbonyl (C=O) groups is 1. The lowest BCUT2D eigenvalue weighted by molar-refractivity contribution is -0.111. The molecule has 0 heterocycles. The SMILES string of the molecule is COc1cc(NC(=O)C=Cc2cc(OC)ccc2OC)cc(OC)c1. The fourth-order valence-corrected chi connectivity index (χ4v) is 2.20. The van der Waals surface area contributed by atoms with Gasteiger partial charge in [0.1, 0.15) is 23.0 Å². The Hall–Kier alpha value is -3.15. The summed E-state index contributed by atoms with van der Waals surface area (Å²) in [5, 5.41) is 2.77. The zero-order valence-electron chi connectivity index (χ0n) is 14.7. The van der Waals surface area contributed by atoms with Crippen LogP contribution in [0.3, 0.4) is 0 Å². The van der Waals surface area contributed by atoms with Gasteiger partial charge in [-0.05, 0) is 24.3 Å². The molecule has 132 valence electrons. The maximum Gasteiger partial charge on any atom is 0.248 e. The normalized spacial score (nSPS) is 10.4. The second kappa shape index (κ2) is 8.63. The minimum atomic E-state index is -0.292. The fourth-order valence-electron chi connectivity index (χ4n) is 2.20. The molecule has 0 unspecified atom stereocenters. The van der Waals surface area contributed by atoms with E-state index in [1.54, 1.807) is 70.9 Å². The quantitative estimate of drug-likeness (QED) is 0.781. The highest BCUT2D eigenvalue weighted by molar-refractivity contribution is 6.02. The van der Waals surface area contributed by atoms with Crippen LogP contribution in [0, 0.1) is 0 Å². The van der Waals surface area contributed by atoms with Crippen LogP contribution in [-0.4, -0.2) is 34.3 Å². The summed E-state index contributed by atoms with van der Waals surface area (Å²) in [4.78, 5) is 12.2. The van der Waals surface area contributed by atoms with E-state index < -0.39 is 0 Å². The van der Waals surface area contributed by atoms with E-state index >= 15 is 0 Å². The Balaban J connectivity index is 2.16. The number of anilines is 1. The van der Waals surface area contributed by atoms with E-state index in [1.807, 2.05) is 0 Å². The van der Waals surface area contributed by atoms with Crippen LogP contribution in [0.4, 0.5) is 5.69 Å². The molecule has 0 spiro atoms. The highest BCUT2D eigenvalue weighted by Gasteiger charge is 2.06. The van der Waals surface area contributed by atoms with Gasteiger partial charge >= 0.3 is 0 Å². The first-order chi connectivity index (χ1) is 12.1. The van der Waals surface area contributed by atoms with Gasteiger partial charge in [0.25, 0.3) is 0 Å². The first kappa shape index (κ1) is 18.2. The van der Waals surface area contributed by atoms with E-state index in [-0.39, 0.29) is 5.91 Å². The molecule has 0 aliphatic rings. The number of nitrogens with one attached hydrogen (secondary N) is 1. The van der Waals surface area contributed by atoms with E-state index in [4.69, 9.17) is 18.9 Å². The molecule has 2 rings (SSSR count). The molecule has 0 radical (unpaired) electrons. The molecule has 1 amide bonds. The molecule has 1 N–H and O–H groups in total. The van der Waals surface area contributed by atoms with Crippen molar-refractivity contribution in [3.63, 3.8) is 0 Å². The third-order valence-electron chi connectivity index (χ3n) is 3.47. The highest BCUT2D eigenvalue weighted by atomic mass is 16.5. The van der Waals surface area contributed by atoms with Crippen LogP contribution >= 0.6 is 0 Å². The lowest BCUT2D eigenvalue weighted by Gasteiger charge is -2.09. The third-order valence-corrected chi connectivity index (χ3v) is 3.47. The Bertz CT molecular complexity index is 748. The van der Waals surface area contributed by atoms with Gasteiger partial charge in [0.2, 0.25) is 5.91 Å². The van der Waals surface area contributed by atoms with Crippen molar-refractivity contribution >= 4 is 17.7 Å². The summed E-state index contributed by atoms with van der Waals surface area (Å²) in [6.07, 6.45) is 3.08. The number of hydrogen-bond donors (Lipinski definition) is 1. The summed E-state index contributed by atoms with van der Waals surface area (Å²) >= 11 is 0. The van der Waals surface area contributed by atoms with Gasteiger partial charge in [0.05, 0.1) is 28.4 Å². The standard InChI is InChI=1S/C19H21NO5/c1-22-15-6-7-18(25-4)13(9-15)5-8-19(21)20-14-10-16(23-2)12-17(11-14)24-3/h5-12H,1-4H3,(H,20,21). The molecule has 0 saturated carbocycles. The summed E-state index contributed by atoms with van der Waals surface area (Å²) in [5.41, 5.74) is 1.31. The number of methoxy groups -OCH3 is 4. The highest BCUT2D eigenvalue weighted by Crippen LogP contribution is 2.27. The number of carbonyl (C=O) groups excluding carboxylic acids is 1. The number of ether oxygens (including phenoxy) is 4. The Morgan fingerprint density at radius 3 is 2.04 bits per heavy atom. The summed E-state index contributed by atoms with van der Waals surface area (Å²) in [6, 6.07) is 10.5. The van der Waals surface area contributed by atoms with Crippen LogP contribution in [0.15, 0.2) is 42.5 Å². The first-order valence-electron chi connectivity index (χ1n) is 7.53. The summed E-state index contributed by atoms with van der Waals surface area (Å²) < 4.78 is 20.8. The van der Waals surface area contributed by atoms with E-state index in [2.05, 4.69) is 5.32 Å². The molecule has 0 fully saturated rings. The van der Waals surface area contributed by atoms with Gasteiger partial charge < -0.3 is 24.3 Å². The minimum Gasteiger partial charge on any atom is -0.497 e. The first-order valence-corrected chi connectivity index (χ1v) is 7.53. The number of benzene rings is 2. The Kier molecular flexibility index (Phi) is 6.28. The van der Waals surface area contributed by atoms with E-state index in [0.29, 0.717) is 28.7 Å². The Morgan fingerprint density at radius 2 is 1.48 bits per heavy atom. The average molecular weight is 343 g/mol. The summed E-state index contributed by atoms with van der Waals surface area (Å²) in [6.45, 7) is 0. The van der Waals surface area contributed by atoms with Crippen LogP contribution in [0.2, 0.25) is 0 Å². The van der Waals surface area contributed by atoms with Gasteiger partial charge in [-0.1, -0.05) is 0 Å². The zero-order valence-corrected chi connectivity index (χ0v) is 14.7. The number of hydrogen-bond acceptors (Lipinski definition) is 5. The average Bonchev–Trinajstić information content (AvgIpc) is 2.65. The van der Waals surface area contributed by atoms with Crippen LogP contribution in [-0.2, 0) is 4.79 Å². The molecule has 0 aromatic heterocycles. The van der Waals surface area contributed by atoms with Crippen LogP contribution in [0.1, 0.15) is 5.56 Å².